The third-order valence-corrected chi connectivity index (χ3v) is 5.72. The van der Waals surface area contributed by atoms with Crippen molar-refractivity contribution in [3.8, 4) is 28.8 Å². The zero-order valence-electron chi connectivity index (χ0n) is 16.4. The predicted molar refractivity (Wildman–Crippen MR) is 114 cm³/mol. The topological polar surface area (TPSA) is 97.1 Å². The lowest BCUT2D eigenvalue weighted by Gasteiger charge is -2.14. The Bertz CT molecular complexity index is 1280. The number of anilines is 1. The number of hydrogen-bond acceptors (Lipinski definition) is 7. The SMILES string of the molecule is N#Cc1c(C(F)(F)F)cc(-c2ccc3c(c2)OCO3)nc1SCC(=O)Nc1cccnc1Cl. The van der Waals surface area contributed by atoms with Gasteiger partial charge in [-0.25, -0.2) is 9.97 Å². The minimum absolute atomic E-state index is 0.00451. The molecule has 1 N–H and O–H groups in total. The van der Waals surface area contributed by atoms with E-state index in [0.29, 0.717) is 28.8 Å². The minimum atomic E-state index is -4.81. The van der Waals surface area contributed by atoms with E-state index in [4.69, 9.17) is 21.1 Å². The van der Waals surface area contributed by atoms with E-state index in [0.717, 1.165) is 6.07 Å². The normalized spacial score (nSPS) is 12.3. The number of aromatic nitrogens is 2. The summed E-state index contributed by atoms with van der Waals surface area (Å²) in [6.07, 6.45) is -3.37. The van der Waals surface area contributed by atoms with E-state index in [2.05, 4.69) is 15.3 Å². The molecule has 1 aliphatic rings. The van der Waals surface area contributed by atoms with Crippen LogP contribution in [0.25, 0.3) is 11.3 Å². The van der Waals surface area contributed by atoms with Crippen LogP contribution in [-0.4, -0.2) is 28.4 Å². The molecule has 0 radical (unpaired) electrons. The molecule has 168 valence electrons. The maximum absolute atomic E-state index is 13.7. The van der Waals surface area contributed by atoms with Crippen molar-refractivity contribution in [2.75, 3.05) is 17.9 Å². The molecule has 4 rings (SSSR count). The first kappa shape index (κ1) is 22.7. The predicted octanol–water partition coefficient (Wildman–Crippen LogP) is 5.15. The Morgan fingerprint density at radius 1 is 1.24 bits per heavy atom. The van der Waals surface area contributed by atoms with E-state index in [9.17, 15) is 23.2 Å². The highest BCUT2D eigenvalue weighted by Crippen LogP contribution is 2.40. The molecule has 1 aliphatic heterocycles. The molecular weight excluding hydrogens is 481 g/mol. The van der Waals surface area contributed by atoms with Crippen LogP contribution in [0.4, 0.5) is 18.9 Å². The maximum atomic E-state index is 13.7. The second-order valence-electron chi connectivity index (χ2n) is 6.59. The molecule has 0 atom stereocenters. The van der Waals surface area contributed by atoms with Gasteiger partial charge in [0, 0.05) is 11.8 Å². The fraction of sp³-hybridized carbons (Fsp3) is 0.143. The highest BCUT2D eigenvalue weighted by atomic mass is 35.5. The average Bonchev–Trinajstić information content (AvgIpc) is 3.26. The van der Waals surface area contributed by atoms with Crippen LogP contribution < -0.4 is 14.8 Å². The number of nitriles is 1. The number of benzene rings is 1. The first-order valence-corrected chi connectivity index (χ1v) is 10.6. The molecule has 0 bridgehead atoms. The molecule has 3 aromatic rings. The Balaban J connectivity index is 1.66. The van der Waals surface area contributed by atoms with Crippen LogP contribution in [0.15, 0.2) is 47.6 Å². The van der Waals surface area contributed by atoms with Gasteiger partial charge in [-0.2, -0.15) is 18.4 Å². The summed E-state index contributed by atoms with van der Waals surface area (Å²) >= 11 is 6.61. The smallest absolute Gasteiger partial charge is 0.417 e. The van der Waals surface area contributed by atoms with E-state index in [1.807, 2.05) is 0 Å². The van der Waals surface area contributed by atoms with Gasteiger partial charge >= 0.3 is 6.18 Å². The largest absolute Gasteiger partial charge is 0.454 e. The van der Waals surface area contributed by atoms with Gasteiger partial charge < -0.3 is 14.8 Å². The van der Waals surface area contributed by atoms with Crippen LogP contribution in [-0.2, 0) is 11.0 Å². The van der Waals surface area contributed by atoms with Gasteiger partial charge in [0.25, 0.3) is 0 Å². The molecule has 0 saturated carbocycles. The van der Waals surface area contributed by atoms with Crippen LogP contribution >= 0.6 is 23.4 Å². The number of hydrogen-bond donors (Lipinski definition) is 1. The highest BCUT2D eigenvalue weighted by molar-refractivity contribution is 8.00. The van der Waals surface area contributed by atoms with Crippen molar-refractivity contribution in [2.45, 2.75) is 11.2 Å². The summed E-state index contributed by atoms with van der Waals surface area (Å²) in [6.45, 7) is 0.00451. The minimum Gasteiger partial charge on any atom is -0.454 e. The standard InChI is InChI=1S/C21H12ClF3N4O3S/c22-19-14(2-1-5-27-19)28-18(30)9-33-20-12(8-26)13(21(23,24)25)7-15(29-20)11-3-4-16-17(6-11)32-10-31-16/h1-7H,9-10H2,(H,28,30). The fourth-order valence-corrected chi connectivity index (χ4v) is 3.93. The first-order valence-electron chi connectivity index (χ1n) is 9.22. The number of alkyl halides is 3. The second kappa shape index (κ2) is 9.17. The maximum Gasteiger partial charge on any atom is 0.417 e. The Labute approximate surface area is 194 Å². The molecule has 0 unspecified atom stereocenters. The van der Waals surface area contributed by atoms with Crippen molar-refractivity contribution in [3.63, 3.8) is 0 Å². The van der Waals surface area contributed by atoms with E-state index in [1.54, 1.807) is 18.2 Å². The van der Waals surface area contributed by atoms with Gasteiger partial charge in [-0.15, -0.1) is 0 Å². The monoisotopic (exact) mass is 492 g/mol. The highest BCUT2D eigenvalue weighted by Gasteiger charge is 2.36. The summed E-state index contributed by atoms with van der Waals surface area (Å²) in [7, 11) is 0. The number of carbonyl (C=O) groups is 1. The lowest BCUT2D eigenvalue weighted by molar-refractivity contribution is -0.138. The Morgan fingerprint density at radius 3 is 2.76 bits per heavy atom. The van der Waals surface area contributed by atoms with Crippen LogP contribution in [0.2, 0.25) is 5.15 Å². The number of fused-ring (bicyclic) bond motifs is 1. The number of ether oxygens (including phenoxy) is 2. The van der Waals surface area contributed by atoms with Crippen LogP contribution in [0.5, 0.6) is 11.5 Å². The Morgan fingerprint density at radius 2 is 2.03 bits per heavy atom. The van der Waals surface area contributed by atoms with Crippen molar-refractivity contribution >= 4 is 35.0 Å². The number of halogens is 4. The molecule has 0 saturated heterocycles. The van der Waals surface area contributed by atoms with Gasteiger partial charge in [-0.1, -0.05) is 23.4 Å². The molecule has 7 nitrogen and oxygen atoms in total. The van der Waals surface area contributed by atoms with Crippen LogP contribution in [0, 0.1) is 11.3 Å². The van der Waals surface area contributed by atoms with Gasteiger partial charge in [0.1, 0.15) is 11.1 Å². The number of amides is 1. The van der Waals surface area contributed by atoms with E-state index >= 15 is 0 Å². The second-order valence-corrected chi connectivity index (χ2v) is 7.91. The third kappa shape index (κ3) is 4.97. The number of nitrogens with zero attached hydrogens (tertiary/aromatic N) is 3. The molecule has 33 heavy (non-hydrogen) atoms. The zero-order chi connectivity index (χ0) is 23.6. The molecule has 0 fully saturated rings. The average molecular weight is 493 g/mol. The third-order valence-electron chi connectivity index (χ3n) is 4.44. The van der Waals surface area contributed by atoms with Crippen molar-refractivity contribution < 1.29 is 27.4 Å². The summed E-state index contributed by atoms with van der Waals surface area (Å²) in [5, 5.41) is 11.8. The zero-order valence-corrected chi connectivity index (χ0v) is 18.0. The quantitative estimate of drug-likeness (QED) is 0.388. The molecule has 0 spiro atoms. The number of pyridine rings is 2. The molecule has 1 aromatic carbocycles. The van der Waals surface area contributed by atoms with Crippen molar-refractivity contribution in [3.05, 3.63) is 58.9 Å². The van der Waals surface area contributed by atoms with Crippen LogP contribution in [0.1, 0.15) is 11.1 Å². The van der Waals surface area contributed by atoms with Crippen molar-refractivity contribution in [1.29, 1.82) is 5.26 Å². The number of rotatable bonds is 5. The van der Waals surface area contributed by atoms with Crippen molar-refractivity contribution in [2.24, 2.45) is 0 Å². The Hall–Kier alpha value is -3.49. The van der Waals surface area contributed by atoms with Crippen LogP contribution in [0.3, 0.4) is 0 Å². The fourth-order valence-electron chi connectivity index (χ4n) is 2.96. The number of carbonyl (C=O) groups excluding carboxylic acids is 1. The van der Waals surface area contributed by atoms with E-state index < -0.39 is 23.2 Å². The van der Waals surface area contributed by atoms with Gasteiger partial charge in [0.15, 0.2) is 16.7 Å². The molecular formula is C21H12ClF3N4O3S. The first-order chi connectivity index (χ1) is 15.8. The number of thioether (sulfide) groups is 1. The molecule has 12 heteroatoms. The van der Waals surface area contributed by atoms with E-state index in [-0.39, 0.29) is 34.1 Å². The summed E-state index contributed by atoms with van der Waals surface area (Å²) in [4.78, 5) is 20.4. The molecule has 0 aliphatic carbocycles. The summed E-state index contributed by atoms with van der Waals surface area (Å²) in [6, 6.07) is 10.1. The molecule has 1 amide bonds. The summed E-state index contributed by atoms with van der Waals surface area (Å²) in [5.74, 6) is -0.0324. The molecule has 3 heterocycles. The van der Waals surface area contributed by atoms with Gasteiger partial charge in [-0.05, 0) is 36.4 Å². The van der Waals surface area contributed by atoms with Crippen molar-refractivity contribution in [1.82, 2.24) is 9.97 Å². The van der Waals surface area contributed by atoms with Gasteiger partial charge in [0.05, 0.1) is 28.3 Å². The molecule has 2 aromatic heterocycles. The lowest BCUT2D eigenvalue weighted by Crippen LogP contribution is -2.15. The van der Waals surface area contributed by atoms with Gasteiger partial charge in [-0.3, -0.25) is 4.79 Å². The summed E-state index contributed by atoms with van der Waals surface area (Å²) < 4.78 is 51.7. The van der Waals surface area contributed by atoms with Gasteiger partial charge in [0.2, 0.25) is 12.7 Å². The lowest BCUT2D eigenvalue weighted by atomic mass is 10.0. The van der Waals surface area contributed by atoms with E-state index in [1.165, 1.54) is 24.4 Å². The summed E-state index contributed by atoms with van der Waals surface area (Å²) in [5.41, 5.74) is -1.25. The Kier molecular flexibility index (Phi) is 6.31. The number of nitrogens with one attached hydrogen (secondary N) is 1.